The van der Waals surface area contributed by atoms with Gasteiger partial charge >= 0.3 is 5.97 Å². The van der Waals surface area contributed by atoms with Gasteiger partial charge in [0.05, 0.1) is 10.2 Å². The maximum absolute atomic E-state index is 11.7. The van der Waals surface area contributed by atoms with E-state index in [1.807, 2.05) is 20.8 Å². The van der Waals surface area contributed by atoms with Crippen LogP contribution in [-0.4, -0.2) is 40.9 Å². The lowest BCUT2D eigenvalue weighted by Gasteiger charge is -2.36. The van der Waals surface area contributed by atoms with E-state index in [0.29, 0.717) is 29.0 Å². The zero-order valence-electron chi connectivity index (χ0n) is 12.2. The third-order valence-electron chi connectivity index (χ3n) is 2.60. The van der Waals surface area contributed by atoms with Crippen LogP contribution in [0.3, 0.4) is 0 Å². The molecule has 0 amide bonds. The quantitative estimate of drug-likeness (QED) is 0.276. The van der Waals surface area contributed by atoms with Gasteiger partial charge in [0.15, 0.2) is 11.5 Å². The Morgan fingerprint density at radius 3 is 2.11 bits per heavy atom. The van der Waals surface area contributed by atoms with Crippen LogP contribution in [-0.2, 0) is 19.0 Å². The van der Waals surface area contributed by atoms with Crippen molar-refractivity contribution in [2.24, 2.45) is 0 Å². The van der Waals surface area contributed by atoms with E-state index in [1.54, 1.807) is 6.92 Å². The summed E-state index contributed by atoms with van der Waals surface area (Å²) in [5.74, 6) is -0.381. The van der Waals surface area contributed by atoms with Crippen LogP contribution in [0.2, 0.25) is 0 Å². The van der Waals surface area contributed by atoms with Gasteiger partial charge in [0.1, 0.15) is 0 Å². The summed E-state index contributed by atoms with van der Waals surface area (Å²) < 4.78 is 16.9. The van der Waals surface area contributed by atoms with Gasteiger partial charge < -0.3 is 14.2 Å². The van der Waals surface area contributed by atoms with Gasteiger partial charge in [-0.25, -0.2) is 4.79 Å². The number of rotatable bonds is 9. The average molecular weight is 274 g/mol. The second-order valence-electron chi connectivity index (χ2n) is 4.34. The van der Waals surface area contributed by atoms with E-state index in [-0.39, 0.29) is 12.1 Å². The highest BCUT2D eigenvalue weighted by atomic mass is 28.1. The zero-order chi connectivity index (χ0) is 14.2. The van der Waals surface area contributed by atoms with Crippen LogP contribution in [0.15, 0.2) is 12.2 Å². The Balaban J connectivity index is 4.89. The summed E-state index contributed by atoms with van der Waals surface area (Å²) in [6, 6.07) is 0. The predicted octanol–water partition coefficient (Wildman–Crippen LogP) is 1.37. The molecule has 106 valence electrons. The molecule has 18 heavy (non-hydrogen) atoms. The molecule has 0 aliphatic rings. The van der Waals surface area contributed by atoms with E-state index >= 15 is 0 Å². The fourth-order valence-corrected chi connectivity index (χ4v) is 2.70. The lowest BCUT2D eigenvalue weighted by atomic mass is 10.2. The number of ether oxygens (including phenoxy) is 3. The Kier molecular flexibility index (Phi) is 8.14. The summed E-state index contributed by atoms with van der Waals surface area (Å²) in [6.07, 6.45) is 1.26. The lowest BCUT2D eigenvalue weighted by Crippen LogP contribution is -2.50. The monoisotopic (exact) mass is 274 g/mol. The molecule has 0 saturated heterocycles. The fourth-order valence-electron chi connectivity index (χ4n) is 1.72. The average Bonchev–Trinajstić information content (AvgIpc) is 2.28. The highest BCUT2D eigenvalue weighted by molar-refractivity contribution is 6.14. The van der Waals surface area contributed by atoms with Gasteiger partial charge in [0.25, 0.3) is 0 Å². The predicted molar refractivity (Wildman–Crippen MR) is 75.5 cm³/mol. The van der Waals surface area contributed by atoms with Crippen molar-refractivity contribution in [1.29, 1.82) is 0 Å². The summed E-state index contributed by atoms with van der Waals surface area (Å²) in [5, 5.41) is 0. The van der Waals surface area contributed by atoms with Crippen LogP contribution >= 0.6 is 0 Å². The Labute approximate surface area is 113 Å². The highest BCUT2D eigenvalue weighted by Gasteiger charge is 2.37. The summed E-state index contributed by atoms with van der Waals surface area (Å²) in [5.41, 5.74) is -0.363. The normalized spacial score (nSPS) is 13.3. The molecule has 5 heteroatoms. The minimum atomic E-state index is -0.759. The van der Waals surface area contributed by atoms with Crippen molar-refractivity contribution in [3.63, 3.8) is 0 Å². The Hall–Kier alpha value is -0.653. The SMILES string of the molecule is C=C(C)C(=O)OC(CCC)C([SiH3])(OCC)OCC. The van der Waals surface area contributed by atoms with Gasteiger partial charge in [-0.15, -0.1) is 0 Å². The smallest absolute Gasteiger partial charge is 0.333 e. The molecule has 4 nitrogen and oxygen atoms in total. The first-order valence-corrected chi connectivity index (χ1v) is 7.55. The molecule has 0 heterocycles. The zero-order valence-corrected chi connectivity index (χ0v) is 14.2. The van der Waals surface area contributed by atoms with E-state index in [1.165, 1.54) is 0 Å². The molecule has 0 aliphatic carbocycles. The molecule has 0 aromatic carbocycles. The van der Waals surface area contributed by atoms with Crippen molar-refractivity contribution in [3.05, 3.63) is 12.2 Å². The lowest BCUT2D eigenvalue weighted by molar-refractivity contribution is -0.234. The van der Waals surface area contributed by atoms with E-state index in [2.05, 4.69) is 6.58 Å². The minimum Gasteiger partial charge on any atom is -0.454 e. The fraction of sp³-hybridized carbons (Fsp3) is 0.769. The van der Waals surface area contributed by atoms with E-state index < -0.39 is 5.41 Å². The first kappa shape index (κ1) is 17.3. The second-order valence-corrected chi connectivity index (χ2v) is 5.74. The Bertz CT molecular complexity index is 272. The molecular weight excluding hydrogens is 248 g/mol. The van der Waals surface area contributed by atoms with Gasteiger partial charge in [0, 0.05) is 18.8 Å². The minimum absolute atomic E-state index is 0.363. The van der Waals surface area contributed by atoms with Crippen LogP contribution in [0, 0.1) is 0 Å². The number of hydrogen-bond donors (Lipinski definition) is 0. The topological polar surface area (TPSA) is 44.8 Å². The van der Waals surface area contributed by atoms with Crippen molar-refractivity contribution in [1.82, 2.24) is 0 Å². The van der Waals surface area contributed by atoms with Gasteiger partial charge in [0.2, 0.25) is 0 Å². The molecule has 0 fully saturated rings. The number of hydrogen-bond acceptors (Lipinski definition) is 4. The number of esters is 1. The molecule has 0 saturated carbocycles. The van der Waals surface area contributed by atoms with Crippen LogP contribution < -0.4 is 0 Å². The first-order chi connectivity index (χ1) is 8.41. The largest absolute Gasteiger partial charge is 0.454 e. The van der Waals surface area contributed by atoms with Crippen LogP contribution in [0.1, 0.15) is 40.5 Å². The number of carbonyl (C=O) groups is 1. The molecule has 0 radical (unpaired) electrons. The molecule has 0 N–H and O–H groups in total. The van der Waals surface area contributed by atoms with Crippen LogP contribution in [0.5, 0.6) is 0 Å². The van der Waals surface area contributed by atoms with Crippen molar-refractivity contribution >= 4 is 16.2 Å². The maximum atomic E-state index is 11.7. The van der Waals surface area contributed by atoms with E-state index in [4.69, 9.17) is 14.2 Å². The van der Waals surface area contributed by atoms with Gasteiger partial charge in [-0.2, -0.15) is 0 Å². The maximum Gasteiger partial charge on any atom is 0.333 e. The second kappa shape index (κ2) is 8.45. The molecule has 0 rings (SSSR count). The van der Waals surface area contributed by atoms with Crippen LogP contribution in [0.25, 0.3) is 0 Å². The molecule has 0 aliphatic heterocycles. The van der Waals surface area contributed by atoms with Crippen molar-refractivity contribution in [2.75, 3.05) is 13.2 Å². The molecule has 0 bridgehead atoms. The van der Waals surface area contributed by atoms with Gasteiger partial charge in [-0.1, -0.05) is 19.9 Å². The van der Waals surface area contributed by atoms with Crippen LogP contribution in [0.4, 0.5) is 0 Å². The molecule has 0 aromatic heterocycles. The van der Waals surface area contributed by atoms with Gasteiger partial charge in [-0.05, 0) is 27.2 Å². The standard InChI is InChI=1S/C13H26O4Si/c1-6-9-11(17-12(14)10(4)5)13(18,15-7-2)16-8-3/h11H,4,6-9H2,1-3,5,18H3. The van der Waals surface area contributed by atoms with E-state index in [0.717, 1.165) is 12.8 Å². The third-order valence-corrected chi connectivity index (χ3v) is 3.82. The highest BCUT2D eigenvalue weighted by Crippen LogP contribution is 2.22. The summed E-state index contributed by atoms with van der Waals surface area (Å²) in [4.78, 5) is 11.7. The molecule has 0 spiro atoms. The van der Waals surface area contributed by atoms with Gasteiger partial charge in [-0.3, -0.25) is 0 Å². The van der Waals surface area contributed by atoms with Crippen molar-refractivity contribution in [2.45, 2.75) is 52.1 Å². The number of carbonyl (C=O) groups excluding carboxylic acids is 1. The molecular formula is C13H26O4Si. The molecule has 1 unspecified atom stereocenters. The first-order valence-electron chi connectivity index (χ1n) is 6.55. The molecule has 1 atom stereocenters. The Morgan fingerprint density at radius 2 is 1.78 bits per heavy atom. The van der Waals surface area contributed by atoms with E-state index in [9.17, 15) is 4.79 Å². The van der Waals surface area contributed by atoms with Crippen molar-refractivity contribution in [3.8, 4) is 0 Å². The van der Waals surface area contributed by atoms with Crippen molar-refractivity contribution < 1.29 is 19.0 Å². The Morgan fingerprint density at radius 1 is 1.28 bits per heavy atom. The summed E-state index contributed by atoms with van der Waals surface area (Å²) in [7, 11) is 0.635. The summed E-state index contributed by atoms with van der Waals surface area (Å²) in [6.45, 7) is 12.2. The summed E-state index contributed by atoms with van der Waals surface area (Å²) >= 11 is 0. The molecule has 0 aromatic rings. The third kappa shape index (κ3) is 5.33.